The molecule has 1 aliphatic rings. The van der Waals surface area contributed by atoms with Gasteiger partial charge in [0.15, 0.2) is 12.6 Å². The van der Waals surface area contributed by atoms with Crippen molar-refractivity contribution in [3.63, 3.8) is 0 Å². The van der Waals surface area contributed by atoms with Gasteiger partial charge in [-0.15, -0.1) is 24.0 Å². The number of para-hydroxylation sites is 1. The van der Waals surface area contributed by atoms with Crippen molar-refractivity contribution in [1.29, 1.82) is 0 Å². The zero-order valence-electron chi connectivity index (χ0n) is 19.5. The summed E-state index contributed by atoms with van der Waals surface area (Å²) in [5, 5.41) is 6.25. The summed E-state index contributed by atoms with van der Waals surface area (Å²) in [5.74, 6) is 2.39. The lowest BCUT2D eigenvalue weighted by Crippen LogP contribution is -2.41. The maximum atomic E-state index is 11.7. The van der Waals surface area contributed by atoms with E-state index in [1.807, 2.05) is 61.6 Å². The Morgan fingerprint density at radius 2 is 1.76 bits per heavy atom. The summed E-state index contributed by atoms with van der Waals surface area (Å²) < 4.78 is 11.3. The van der Waals surface area contributed by atoms with Crippen LogP contribution in [0.5, 0.6) is 11.5 Å². The topological polar surface area (TPSA) is 75.2 Å². The van der Waals surface area contributed by atoms with Gasteiger partial charge in [-0.3, -0.25) is 9.79 Å². The van der Waals surface area contributed by atoms with Crippen molar-refractivity contribution in [2.24, 2.45) is 4.99 Å². The van der Waals surface area contributed by atoms with Crippen LogP contribution in [-0.4, -0.2) is 62.7 Å². The van der Waals surface area contributed by atoms with E-state index in [1.54, 1.807) is 0 Å². The first-order valence-corrected chi connectivity index (χ1v) is 11.3. The molecule has 0 bridgehead atoms. The molecule has 0 spiro atoms. The molecule has 7 nitrogen and oxygen atoms in total. The second-order valence-corrected chi connectivity index (χ2v) is 7.84. The molecule has 1 fully saturated rings. The molecule has 0 saturated heterocycles. The molecule has 1 aliphatic carbocycles. The van der Waals surface area contributed by atoms with Gasteiger partial charge in [0.05, 0.1) is 6.54 Å². The number of nitrogens with one attached hydrogen (secondary N) is 2. The number of rotatable bonds is 12. The highest BCUT2D eigenvalue weighted by Crippen LogP contribution is 2.18. The Balaban J connectivity index is 0.00000385. The second-order valence-electron chi connectivity index (χ2n) is 7.84. The molecule has 0 radical (unpaired) electrons. The highest BCUT2D eigenvalue weighted by atomic mass is 127. The fourth-order valence-electron chi connectivity index (χ4n) is 3.08. The second kappa shape index (κ2) is 14.6. The van der Waals surface area contributed by atoms with E-state index >= 15 is 0 Å². The third-order valence-corrected chi connectivity index (χ3v) is 5.03. The van der Waals surface area contributed by atoms with Gasteiger partial charge < -0.3 is 25.0 Å². The van der Waals surface area contributed by atoms with Crippen LogP contribution in [0.4, 0.5) is 0 Å². The molecule has 0 heterocycles. The Hall–Kier alpha value is -2.49. The lowest BCUT2D eigenvalue weighted by Gasteiger charge is -2.22. The zero-order valence-corrected chi connectivity index (χ0v) is 21.8. The predicted octanol–water partition coefficient (Wildman–Crippen LogP) is 3.48. The molecule has 0 aliphatic heterocycles. The Kier molecular flexibility index (Phi) is 11.9. The van der Waals surface area contributed by atoms with Crippen LogP contribution in [-0.2, 0) is 11.2 Å². The number of halogens is 1. The van der Waals surface area contributed by atoms with Crippen LogP contribution in [0.15, 0.2) is 59.6 Å². The number of likely N-dealkylation sites (N-methyl/N-ethyl adjacent to an activating group) is 1. The lowest BCUT2D eigenvalue weighted by molar-refractivity contribution is -0.123. The first-order chi connectivity index (χ1) is 15.6. The predicted molar refractivity (Wildman–Crippen MR) is 143 cm³/mol. The van der Waals surface area contributed by atoms with Gasteiger partial charge in [-0.05, 0) is 56.0 Å². The Bertz CT molecular complexity index is 858. The van der Waals surface area contributed by atoms with E-state index in [0.717, 1.165) is 44.1 Å². The fraction of sp³-hybridized carbons (Fsp3) is 0.440. The normalized spacial score (nSPS) is 13.0. The summed E-state index contributed by atoms with van der Waals surface area (Å²) in [7, 11) is 2.02. The fourth-order valence-corrected chi connectivity index (χ4v) is 3.08. The average Bonchev–Trinajstić information content (AvgIpc) is 3.62. The molecule has 1 saturated carbocycles. The van der Waals surface area contributed by atoms with E-state index in [9.17, 15) is 4.79 Å². The van der Waals surface area contributed by atoms with E-state index in [2.05, 4.69) is 22.5 Å². The van der Waals surface area contributed by atoms with E-state index in [4.69, 9.17) is 14.5 Å². The molecular formula is C25H35IN4O3. The third-order valence-electron chi connectivity index (χ3n) is 5.03. The van der Waals surface area contributed by atoms with Crippen LogP contribution in [0, 0.1) is 0 Å². The number of ether oxygens (including phenoxy) is 2. The van der Waals surface area contributed by atoms with E-state index in [1.165, 1.54) is 5.56 Å². The standard InChI is InChI=1S/C25H34N4O3.HI/c1-3-26-25(29(2)17-18-31-22-7-5-4-6-8-22)27-16-15-20-9-13-23(14-10-20)32-19-24(30)28-21-11-12-21;/h4-10,13-14,21H,3,11-12,15-19H2,1-2H3,(H,26,27)(H,28,30);1H. The molecule has 2 aromatic rings. The number of hydrogen-bond acceptors (Lipinski definition) is 4. The van der Waals surface area contributed by atoms with E-state index in [-0.39, 0.29) is 36.5 Å². The highest BCUT2D eigenvalue weighted by molar-refractivity contribution is 14.0. The minimum Gasteiger partial charge on any atom is -0.492 e. The third kappa shape index (κ3) is 10.3. The number of benzene rings is 2. The summed E-state index contributed by atoms with van der Waals surface area (Å²) in [5.41, 5.74) is 1.18. The average molecular weight is 566 g/mol. The number of carbonyl (C=O) groups excluding carboxylic acids is 1. The number of amides is 1. The van der Waals surface area contributed by atoms with Crippen molar-refractivity contribution < 1.29 is 14.3 Å². The monoisotopic (exact) mass is 566 g/mol. The quantitative estimate of drug-likeness (QED) is 0.234. The van der Waals surface area contributed by atoms with E-state index in [0.29, 0.717) is 24.9 Å². The molecule has 0 aromatic heterocycles. The highest BCUT2D eigenvalue weighted by Gasteiger charge is 2.23. The lowest BCUT2D eigenvalue weighted by atomic mass is 10.1. The van der Waals surface area contributed by atoms with Gasteiger partial charge in [0.1, 0.15) is 18.1 Å². The van der Waals surface area contributed by atoms with Crippen LogP contribution in [0.2, 0.25) is 0 Å². The SMILES string of the molecule is CCNC(=NCCc1ccc(OCC(=O)NC2CC2)cc1)N(C)CCOc1ccccc1.I. The zero-order chi connectivity index (χ0) is 22.6. The molecule has 0 unspecified atom stereocenters. The van der Waals surface area contributed by atoms with Crippen molar-refractivity contribution in [2.45, 2.75) is 32.2 Å². The molecule has 8 heteroatoms. The van der Waals surface area contributed by atoms with E-state index < -0.39 is 0 Å². The van der Waals surface area contributed by atoms with Crippen molar-refractivity contribution in [3.05, 3.63) is 60.2 Å². The van der Waals surface area contributed by atoms with Crippen molar-refractivity contribution in [2.75, 3.05) is 39.9 Å². The molecule has 1 amide bonds. The number of carbonyl (C=O) groups is 1. The van der Waals surface area contributed by atoms with Gasteiger partial charge in [-0.2, -0.15) is 0 Å². The summed E-state index contributed by atoms with van der Waals surface area (Å²) in [6.07, 6.45) is 2.98. The Morgan fingerprint density at radius 3 is 2.42 bits per heavy atom. The van der Waals surface area contributed by atoms with Crippen LogP contribution in [0.1, 0.15) is 25.3 Å². The largest absolute Gasteiger partial charge is 0.492 e. The molecule has 180 valence electrons. The van der Waals surface area contributed by atoms with Gasteiger partial charge in [0.2, 0.25) is 0 Å². The maximum Gasteiger partial charge on any atom is 0.258 e. The van der Waals surface area contributed by atoms with Crippen LogP contribution in [0.3, 0.4) is 0 Å². The minimum absolute atomic E-state index is 0. The molecular weight excluding hydrogens is 531 g/mol. The first-order valence-electron chi connectivity index (χ1n) is 11.3. The molecule has 2 aromatic carbocycles. The van der Waals surface area contributed by atoms with Crippen LogP contribution >= 0.6 is 24.0 Å². The Labute approximate surface area is 214 Å². The maximum absolute atomic E-state index is 11.7. The first kappa shape index (κ1) is 26.8. The number of guanidine groups is 1. The minimum atomic E-state index is -0.0554. The molecule has 0 atom stereocenters. The summed E-state index contributed by atoms with van der Waals surface area (Å²) in [4.78, 5) is 18.5. The molecule has 2 N–H and O–H groups in total. The van der Waals surface area contributed by atoms with Gasteiger partial charge in [-0.25, -0.2) is 0 Å². The van der Waals surface area contributed by atoms with Crippen molar-refractivity contribution >= 4 is 35.8 Å². The van der Waals surface area contributed by atoms with Crippen LogP contribution in [0.25, 0.3) is 0 Å². The Morgan fingerprint density at radius 1 is 1.06 bits per heavy atom. The van der Waals surface area contributed by atoms with Gasteiger partial charge in [0, 0.05) is 26.2 Å². The van der Waals surface area contributed by atoms with Gasteiger partial charge >= 0.3 is 0 Å². The smallest absolute Gasteiger partial charge is 0.258 e. The summed E-state index contributed by atoms with van der Waals surface area (Å²) >= 11 is 0. The van der Waals surface area contributed by atoms with Crippen molar-refractivity contribution in [3.8, 4) is 11.5 Å². The number of aliphatic imine (C=N–C) groups is 1. The number of nitrogens with zero attached hydrogens (tertiary/aromatic N) is 2. The summed E-state index contributed by atoms with van der Waals surface area (Å²) in [6, 6.07) is 18.0. The molecule has 3 rings (SSSR count). The van der Waals surface area contributed by atoms with Gasteiger partial charge in [-0.1, -0.05) is 30.3 Å². The van der Waals surface area contributed by atoms with Crippen molar-refractivity contribution in [1.82, 2.24) is 15.5 Å². The van der Waals surface area contributed by atoms with Gasteiger partial charge in [0.25, 0.3) is 5.91 Å². The summed E-state index contributed by atoms with van der Waals surface area (Å²) in [6.45, 7) is 4.94. The number of hydrogen-bond donors (Lipinski definition) is 2. The molecule has 33 heavy (non-hydrogen) atoms. The van der Waals surface area contributed by atoms with Crippen LogP contribution < -0.4 is 20.1 Å².